The van der Waals surface area contributed by atoms with Gasteiger partial charge in [0.25, 0.3) is 0 Å². The molecule has 0 amide bonds. The van der Waals surface area contributed by atoms with Gasteiger partial charge >= 0.3 is 0 Å². The fraction of sp³-hybridized carbons (Fsp3) is 0.562. The summed E-state index contributed by atoms with van der Waals surface area (Å²) in [5.74, 6) is 1.37. The van der Waals surface area contributed by atoms with Crippen LogP contribution in [0.3, 0.4) is 0 Å². The predicted molar refractivity (Wildman–Crippen MR) is 108 cm³/mol. The van der Waals surface area contributed by atoms with E-state index in [0.717, 1.165) is 17.1 Å². The van der Waals surface area contributed by atoms with Gasteiger partial charge < -0.3 is 10.6 Å². The second kappa shape index (κ2) is 10.1. The maximum atomic E-state index is 11.3. The van der Waals surface area contributed by atoms with Crippen LogP contribution in [-0.4, -0.2) is 33.7 Å². The van der Waals surface area contributed by atoms with Gasteiger partial charge in [-0.05, 0) is 24.0 Å². The zero-order chi connectivity index (χ0) is 16.8. The number of guanidine groups is 1. The molecule has 0 radical (unpaired) electrons. The molecule has 1 unspecified atom stereocenters. The van der Waals surface area contributed by atoms with Crippen LogP contribution < -0.4 is 10.6 Å². The summed E-state index contributed by atoms with van der Waals surface area (Å²) in [5.41, 5.74) is 1.89. The van der Waals surface area contributed by atoms with Gasteiger partial charge in [-0.1, -0.05) is 38.1 Å². The molecule has 0 heterocycles. The highest BCUT2D eigenvalue weighted by atomic mass is 127. The minimum atomic E-state index is -2.99. The van der Waals surface area contributed by atoms with E-state index in [4.69, 9.17) is 0 Å². The van der Waals surface area contributed by atoms with Crippen molar-refractivity contribution < 1.29 is 8.42 Å². The highest BCUT2D eigenvalue weighted by Gasteiger charge is 2.09. The highest BCUT2D eigenvalue weighted by Crippen LogP contribution is 2.08. The standard InChI is InChI=1S/C16H27N3O2S.HI/c1-12(2)13(3)19-16(17-4)18-10-14-6-8-15(9-7-14)11-22(5,20)21;/h6-9,12-13H,10-11H2,1-5H3,(H2,17,18,19);1H. The molecule has 1 rings (SSSR count). The normalized spacial score (nSPS) is 13.4. The van der Waals surface area contributed by atoms with E-state index in [1.54, 1.807) is 7.05 Å². The Morgan fingerprint density at radius 1 is 1.13 bits per heavy atom. The number of aliphatic imine (C=N–C) groups is 1. The van der Waals surface area contributed by atoms with Crippen molar-refractivity contribution in [2.45, 2.75) is 39.1 Å². The second-order valence-corrected chi connectivity index (χ2v) is 8.13. The summed E-state index contributed by atoms with van der Waals surface area (Å²) < 4.78 is 22.5. The van der Waals surface area contributed by atoms with Crippen LogP contribution in [0.1, 0.15) is 31.9 Å². The molecule has 0 spiro atoms. The highest BCUT2D eigenvalue weighted by molar-refractivity contribution is 14.0. The maximum Gasteiger partial charge on any atom is 0.191 e. The van der Waals surface area contributed by atoms with Crippen molar-refractivity contribution in [3.63, 3.8) is 0 Å². The molecule has 0 aliphatic carbocycles. The quantitative estimate of drug-likeness (QED) is 0.395. The van der Waals surface area contributed by atoms with Gasteiger partial charge in [-0.3, -0.25) is 4.99 Å². The molecule has 1 aromatic rings. The summed E-state index contributed by atoms with van der Waals surface area (Å²) in [6.45, 7) is 7.08. The van der Waals surface area contributed by atoms with Crippen LogP contribution in [0.15, 0.2) is 29.3 Å². The summed E-state index contributed by atoms with van der Waals surface area (Å²) >= 11 is 0. The van der Waals surface area contributed by atoms with Gasteiger partial charge in [0.2, 0.25) is 0 Å². The average Bonchev–Trinajstić information content (AvgIpc) is 2.42. The van der Waals surface area contributed by atoms with Crippen molar-refractivity contribution in [3.05, 3.63) is 35.4 Å². The molecule has 7 heteroatoms. The van der Waals surface area contributed by atoms with E-state index >= 15 is 0 Å². The molecular formula is C16H28IN3O2S. The Morgan fingerprint density at radius 3 is 2.09 bits per heavy atom. The summed E-state index contributed by atoms with van der Waals surface area (Å²) in [6, 6.07) is 7.92. The fourth-order valence-electron chi connectivity index (χ4n) is 1.82. The number of nitrogens with zero attached hydrogens (tertiary/aromatic N) is 1. The Hall–Kier alpha value is -0.830. The zero-order valence-corrected chi connectivity index (χ0v) is 17.6. The predicted octanol–water partition coefficient (Wildman–Crippen LogP) is 2.56. The van der Waals surface area contributed by atoms with E-state index in [2.05, 4.69) is 36.4 Å². The summed E-state index contributed by atoms with van der Waals surface area (Å²) in [4.78, 5) is 4.21. The third-order valence-corrected chi connectivity index (χ3v) is 4.36. The second-order valence-electron chi connectivity index (χ2n) is 5.99. The van der Waals surface area contributed by atoms with E-state index in [-0.39, 0.29) is 29.7 Å². The van der Waals surface area contributed by atoms with E-state index in [9.17, 15) is 8.42 Å². The average molecular weight is 453 g/mol. The van der Waals surface area contributed by atoms with Crippen LogP contribution in [0.4, 0.5) is 0 Å². The Bertz CT molecular complexity index is 598. The topological polar surface area (TPSA) is 70.6 Å². The summed E-state index contributed by atoms with van der Waals surface area (Å²) in [5, 5.41) is 6.60. The van der Waals surface area contributed by atoms with Gasteiger partial charge in [0.05, 0.1) is 5.75 Å². The molecule has 132 valence electrons. The first-order valence-corrected chi connectivity index (χ1v) is 9.50. The van der Waals surface area contributed by atoms with E-state index in [1.165, 1.54) is 6.26 Å². The van der Waals surface area contributed by atoms with Crippen LogP contribution in [0.25, 0.3) is 0 Å². The molecule has 0 aliphatic rings. The van der Waals surface area contributed by atoms with Gasteiger partial charge in [0, 0.05) is 25.9 Å². The van der Waals surface area contributed by atoms with E-state index in [0.29, 0.717) is 18.5 Å². The number of benzene rings is 1. The molecule has 1 aromatic carbocycles. The van der Waals surface area contributed by atoms with Crippen LogP contribution in [0.2, 0.25) is 0 Å². The lowest BCUT2D eigenvalue weighted by Crippen LogP contribution is -2.43. The van der Waals surface area contributed by atoms with Crippen LogP contribution in [-0.2, 0) is 22.1 Å². The van der Waals surface area contributed by atoms with Gasteiger partial charge in [0.1, 0.15) is 0 Å². The molecule has 0 aromatic heterocycles. The number of sulfone groups is 1. The van der Waals surface area contributed by atoms with E-state index < -0.39 is 9.84 Å². The van der Waals surface area contributed by atoms with Crippen molar-refractivity contribution in [2.75, 3.05) is 13.3 Å². The van der Waals surface area contributed by atoms with Crippen molar-refractivity contribution in [1.29, 1.82) is 0 Å². The fourth-order valence-corrected chi connectivity index (χ4v) is 2.62. The molecule has 0 bridgehead atoms. The Kier molecular flexibility index (Phi) is 9.76. The number of hydrogen-bond donors (Lipinski definition) is 2. The number of rotatable bonds is 6. The third-order valence-electron chi connectivity index (χ3n) is 3.50. The third kappa shape index (κ3) is 9.14. The van der Waals surface area contributed by atoms with Gasteiger partial charge in [-0.25, -0.2) is 8.42 Å². The lowest BCUT2D eigenvalue weighted by molar-refractivity contribution is 0.481. The molecule has 5 nitrogen and oxygen atoms in total. The largest absolute Gasteiger partial charge is 0.354 e. The SMILES string of the molecule is CN=C(NCc1ccc(CS(C)(=O)=O)cc1)NC(C)C(C)C.I. The van der Waals surface area contributed by atoms with Crippen molar-refractivity contribution >= 4 is 39.8 Å². The van der Waals surface area contributed by atoms with Crippen molar-refractivity contribution in [2.24, 2.45) is 10.9 Å². The smallest absolute Gasteiger partial charge is 0.191 e. The Morgan fingerprint density at radius 2 is 1.65 bits per heavy atom. The first-order chi connectivity index (χ1) is 10.2. The number of hydrogen-bond acceptors (Lipinski definition) is 3. The van der Waals surface area contributed by atoms with Gasteiger partial charge in [0.15, 0.2) is 15.8 Å². The molecule has 23 heavy (non-hydrogen) atoms. The molecule has 1 atom stereocenters. The number of halogens is 1. The van der Waals surface area contributed by atoms with Crippen LogP contribution in [0.5, 0.6) is 0 Å². The van der Waals surface area contributed by atoms with Crippen LogP contribution >= 0.6 is 24.0 Å². The molecule has 2 N–H and O–H groups in total. The van der Waals surface area contributed by atoms with Crippen molar-refractivity contribution in [3.8, 4) is 0 Å². The Labute approximate surface area is 157 Å². The monoisotopic (exact) mass is 453 g/mol. The summed E-state index contributed by atoms with van der Waals surface area (Å²) in [7, 11) is -1.24. The van der Waals surface area contributed by atoms with Gasteiger partial charge in [-0.15, -0.1) is 24.0 Å². The molecule has 0 fully saturated rings. The molecule has 0 aliphatic heterocycles. The van der Waals surface area contributed by atoms with Crippen LogP contribution in [0, 0.1) is 5.92 Å². The first kappa shape index (κ1) is 22.2. The minimum Gasteiger partial charge on any atom is -0.354 e. The van der Waals surface area contributed by atoms with Crippen molar-refractivity contribution in [1.82, 2.24) is 10.6 Å². The lowest BCUT2D eigenvalue weighted by atomic mass is 10.1. The molecule has 0 saturated carbocycles. The maximum absolute atomic E-state index is 11.3. The van der Waals surface area contributed by atoms with Gasteiger partial charge in [-0.2, -0.15) is 0 Å². The lowest BCUT2D eigenvalue weighted by Gasteiger charge is -2.20. The minimum absolute atomic E-state index is 0. The molecular weight excluding hydrogens is 425 g/mol. The van der Waals surface area contributed by atoms with E-state index in [1.807, 2.05) is 24.3 Å². The summed E-state index contributed by atoms with van der Waals surface area (Å²) in [6.07, 6.45) is 1.24. The Balaban J connectivity index is 0.00000484. The number of nitrogens with one attached hydrogen (secondary N) is 2. The molecule has 0 saturated heterocycles. The zero-order valence-electron chi connectivity index (χ0n) is 14.5. The first-order valence-electron chi connectivity index (χ1n) is 7.44.